The molecule has 1 heterocycles. The van der Waals surface area contributed by atoms with Crippen LogP contribution in [0.2, 0.25) is 0 Å². The van der Waals surface area contributed by atoms with Crippen molar-refractivity contribution in [1.82, 2.24) is 0 Å². The van der Waals surface area contributed by atoms with E-state index in [1.54, 1.807) is 7.11 Å². The molecule has 1 fully saturated rings. The largest absolute Gasteiger partial charge is 0.497 e. The van der Waals surface area contributed by atoms with Gasteiger partial charge in [-0.1, -0.05) is 0 Å². The molecule has 0 amide bonds. The molecule has 1 aromatic rings. The van der Waals surface area contributed by atoms with Crippen LogP contribution in [-0.4, -0.2) is 20.0 Å². The van der Waals surface area contributed by atoms with E-state index in [1.807, 2.05) is 24.3 Å². The van der Waals surface area contributed by atoms with Gasteiger partial charge in [0.2, 0.25) is 0 Å². The van der Waals surface area contributed by atoms with Crippen LogP contribution in [0.15, 0.2) is 24.3 Å². The lowest BCUT2D eigenvalue weighted by molar-refractivity contribution is -0.0390. The van der Waals surface area contributed by atoms with Gasteiger partial charge in [0, 0.05) is 6.42 Å². The second-order valence-electron chi connectivity index (χ2n) is 3.24. The van der Waals surface area contributed by atoms with Gasteiger partial charge >= 0.3 is 0 Å². The van der Waals surface area contributed by atoms with Gasteiger partial charge in [-0.15, -0.1) is 0 Å². The van der Waals surface area contributed by atoms with Gasteiger partial charge in [-0.2, -0.15) is 0 Å². The highest BCUT2D eigenvalue weighted by Gasteiger charge is 2.16. The van der Waals surface area contributed by atoms with Crippen molar-refractivity contribution in [2.75, 3.05) is 13.7 Å². The van der Waals surface area contributed by atoms with Crippen LogP contribution in [0.3, 0.4) is 0 Å². The molecule has 1 saturated heterocycles. The summed E-state index contributed by atoms with van der Waals surface area (Å²) in [4.78, 5) is 0. The van der Waals surface area contributed by atoms with Gasteiger partial charge in [-0.25, -0.2) is 0 Å². The molecule has 0 aromatic heterocycles. The molecule has 0 unspecified atom stereocenters. The maximum atomic E-state index is 5.60. The second kappa shape index (κ2) is 4.33. The van der Waals surface area contributed by atoms with Gasteiger partial charge in [0.05, 0.1) is 13.7 Å². The van der Waals surface area contributed by atoms with E-state index >= 15 is 0 Å². The van der Waals surface area contributed by atoms with Gasteiger partial charge in [0.1, 0.15) is 11.5 Å². The van der Waals surface area contributed by atoms with Crippen molar-refractivity contribution in [2.45, 2.75) is 19.1 Å². The standard InChI is InChI=1S/C11H14O3/c1-12-9-4-6-10(7-5-9)14-11-3-2-8-13-11/h4-7,11H,2-3,8H2,1H3/t11-/m0/s1. The first kappa shape index (κ1) is 9.34. The van der Waals surface area contributed by atoms with Crippen molar-refractivity contribution in [3.63, 3.8) is 0 Å². The first-order chi connectivity index (χ1) is 6.88. The molecular formula is C11H14O3. The molecule has 14 heavy (non-hydrogen) atoms. The average molecular weight is 194 g/mol. The van der Waals surface area contributed by atoms with E-state index < -0.39 is 0 Å². The minimum Gasteiger partial charge on any atom is -0.497 e. The highest BCUT2D eigenvalue weighted by atomic mass is 16.7. The Kier molecular flexibility index (Phi) is 2.89. The topological polar surface area (TPSA) is 27.7 Å². The Balaban J connectivity index is 1.95. The third kappa shape index (κ3) is 2.17. The molecule has 76 valence electrons. The van der Waals surface area contributed by atoms with Crippen LogP contribution in [0.5, 0.6) is 11.5 Å². The first-order valence-electron chi connectivity index (χ1n) is 4.81. The summed E-state index contributed by atoms with van der Waals surface area (Å²) in [7, 11) is 1.65. The van der Waals surface area contributed by atoms with Gasteiger partial charge in [0.25, 0.3) is 0 Å². The summed E-state index contributed by atoms with van der Waals surface area (Å²) in [5, 5.41) is 0. The molecule has 0 aliphatic carbocycles. The van der Waals surface area contributed by atoms with E-state index in [0.717, 1.165) is 30.9 Å². The third-order valence-electron chi connectivity index (χ3n) is 2.21. The van der Waals surface area contributed by atoms with E-state index in [4.69, 9.17) is 14.2 Å². The van der Waals surface area contributed by atoms with Crippen LogP contribution in [0.25, 0.3) is 0 Å². The van der Waals surface area contributed by atoms with E-state index in [2.05, 4.69) is 0 Å². The van der Waals surface area contributed by atoms with Gasteiger partial charge < -0.3 is 14.2 Å². The molecule has 3 nitrogen and oxygen atoms in total. The zero-order chi connectivity index (χ0) is 9.80. The van der Waals surface area contributed by atoms with Crippen LogP contribution in [0.1, 0.15) is 12.8 Å². The number of ether oxygens (including phenoxy) is 3. The van der Waals surface area contributed by atoms with Crippen LogP contribution in [0.4, 0.5) is 0 Å². The Labute approximate surface area is 83.6 Å². The highest BCUT2D eigenvalue weighted by Crippen LogP contribution is 2.21. The number of benzene rings is 1. The summed E-state index contributed by atoms with van der Waals surface area (Å²) in [5.74, 6) is 1.67. The minimum atomic E-state index is -0.0663. The predicted molar refractivity (Wildman–Crippen MR) is 52.6 cm³/mol. The maximum absolute atomic E-state index is 5.60. The van der Waals surface area contributed by atoms with Crippen LogP contribution < -0.4 is 9.47 Å². The molecule has 1 atom stereocenters. The fourth-order valence-electron chi connectivity index (χ4n) is 1.45. The monoisotopic (exact) mass is 194 g/mol. The summed E-state index contributed by atoms with van der Waals surface area (Å²) in [6.45, 7) is 0.806. The zero-order valence-corrected chi connectivity index (χ0v) is 8.23. The minimum absolute atomic E-state index is 0.0663. The van der Waals surface area contributed by atoms with E-state index in [0.29, 0.717) is 0 Å². The molecule has 0 saturated carbocycles. The van der Waals surface area contributed by atoms with Crippen molar-refractivity contribution in [2.24, 2.45) is 0 Å². The third-order valence-corrected chi connectivity index (χ3v) is 2.21. The molecule has 2 rings (SSSR count). The van der Waals surface area contributed by atoms with Crippen molar-refractivity contribution in [3.05, 3.63) is 24.3 Å². The van der Waals surface area contributed by atoms with Gasteiger partial charge in [-0.3, -0.25) is 0 Å². The number of methoxy groups -OCH3 is 1. The Hall–Kier alpha value is -1.22. The van der Waals surface area contributed by atoms with Gasteiger partial charge in [0.15, 0.2) is 6.29 Å². The molecule has 3 heteroatoms. The molecule has 0 spiro atoms. The van der Waals surface area contributed by atoms with Crippen molar-refractivity contribution >= 4 is 0 Å². The summed E-state index contributed by atoms with van der Waals surface area (Å²) < 4.78 is 16.0. The Morgan fingerprint density at radius 3 is 2.50 bits per heavy atom. The van der Waals surface area contributed by atoms with Gasteiger partial charge in [-0.05, 0) is 30.7 Å². The Morgan fingerprint density at radius 1 is 1.21 bits per heavy atom. The fourth-order valence-corrected chi connectivity index (χ4v) is 1.45. The second-order valence-corrected chi connectivity index (χ2v) is 3.24. The maximum Gasteiger partial charge on any atom is 0.199 e. The molecule has 0 N–H and O–H groups in total. The normalized spacial score (nSPS) is 20.8. The van der Waals surface area contributed by atoms with Crippen molar-refractivity contribution in [1.29, 1.82) is 0 Å². The zero-order valence-electron chi connectivity index (χ0n) is 8.23. The Morgan fingerprint density at radius 2 is 1.93 bits per heavy atom. The fraction of sp³-hybridized carbons (Fsp3) is 0.455. The van der Waals surface area contributed by atoms with E-state index in [9.17, 15) is 0 Å². The molecular weight excluding hydrogens is 180 g/mol. The van der Waals surface area contributed by atoms with E-state index in [-0.39, 0.29) is 6.29 Å². The van der Waals surface area contributed by atoms with Crippen LogP contribution >= 0.6 is 0 Å². The number of hydrogen-bond donors (Lipinski definition) is 0. The summed E-state index contributed by atoms with van der Waals surface area (Å²) in [5.41, 5.74) is 0. The highest BCUT2D eigenvalue weighted by molar-refractivity contribution is 5.31. The quantitative estimate of drug-likeness (QED) is 0.738. The predicted octanol–water partition coefficient (Wildman–Crippen LogP) is 2.21. The first-order valence-corrected chi connectivity index (χ1v) is 4.81. The summed E-state index contributed by atoms with van der Waals surface area (Å²) >= 11 is 0. The SMILES string of the molecule is COc1ccc(O[C@H]2CCCO2)cc1. The van der Waals surface area contributed by atoms with Crippen LogP contribution in [-0.2, 0) is 4.74 Å². The lowest BCUT2D eigenvalue weighted by atomic mass is 10.3. The summed E-state index contributed by atoms with van der Waals surface area (Å²) in [6, 6.07) is 7.54. The smallest absolute Gasteiger partial charge is 0.199 e. The average Bonchev–Trinajstić information content (AvgIpc) is 2.72. The summed E-state index contributed by atoms with van der Waals surface area (Å²) in [6.07, 6.45) is 2.00. The molecule has 1 aromatic carbocycles. The molecule has 0 radical (unpaired) electrons. The van der Waals surface area contributed by atoms with E-state index in [1.165, 1.54) is 0 Å². The lowest BCUT2D eigenvalue weighted by Crippen LogP contribution is -2.13. The molecule has 1 aliphatic heterocycles. The van der Waals surface area contributed by atoms with Crippen LogP contribution in [0, 0.1) is 0 Å². The van der Waals surface area contributed by atoms with Crippen molar-refractivity contribution < 1.29 is 14.2 Å². The number of hydrogen-bond acceptors (Lipinski definition) is 3. The molecule has 1 aliphatic rings. The Bertz CT molecular complexity index is 275. The van der Waals surface area contributed by atoms with Crippen molar-refractivity contribution in [3.8, 4) is 11.5 Å². The number of rotatable bonds is 3. The lowest BCUT2D eigenvalue weighted by Gasteiger charge is -2.12. The molecule has 0 bridgehead atoms.